The molecule has 2 heterocycles. The summed E-state index contributed by atoms with van der Waals surface area (Å²) >= 11 is 8.39. The van der Waals surface area contributed by atoms with Crippen molar-refractivity contribution in [2.24, 2.45) is 23.7 Å². The number of imide groups is 2. The van der Waals surface area contributed by atoms with Gasteiger partial charge in [-0.05, 0) is 101 Å². The number of carbonyl (C=O) groups is 5. The van der Waals surface area contributed by atoms with E-state index in [0.717, 1.165) is 10.5 Å². The number of fused-ring (bicyclic) bond motifs is 4. The fourth-order valence-corrected chi connectivity index (χ4v) is 9.88. The van der Waals surface area contributed by atoms with Crippen LogP contribution in [0, 0.1) is 27.2 Å². The molecule has 4 aromatic carbocycles. The third-order valence-corrected chi connectivity index (χ3v) is 12.2. The zero-order chi connectivity index (χ0) is 36.6. The standard InChI is InChI=1S/C40H30ClIN2O8/c1-52-31-17-21(16-30(42)34(31)45)33-26-13-14-27-32(37(48)43(35(27)46)24-11-5-7-20(15-24)38(49)50)28(26)19-29-36(47)44(25-12-6-10-23(41)18-25)39(51)40(29,33)22-8-3-2-4-9-22/h2-13,15-18,27-29,32-33,45H,14,19H2,1H3,(H,49,50). The number of ether oxygens (including phenoxy) is 1. The number of nitrogens with zero attached hydrogens (tertiary/aromatic N) is 2. The number of hydrogen-bond donors (Lipinski definition) is 2. The lowest BCUT2D eigenvalue weighted by Crippen LogP contribution is -2.53. The minimum Gasteiger partial charge on any atom is -0.504 e. The Morgan fingerprint density at radius 1 is 0.865 bits per heavy atom. The van der Waals surface area contributed by atoms with Gasteiger partial charge in [0.1, 0.15) is 0 Å². The van der Waals surface area contributed by atoms with E-state index in [2.05, 4.69) is 0 Å². The Morgan fingerprint density at radius 2 is 1.58 bits per heavy atom. The van der Waals surface area contributed by atoms with Crippen LogP contribution in [0.1, 0.15) is 40.2 Å². The molecule has 0 aromatic heterocycles. The average molecular weight is 829 g/mol. The lowest BCUT2D eigenvalue weighted by molar-refractivity contribution is -0.127. The van der Waals surface area contributed by atoms with Gasteiger partial charge in [-0.1, -0.05) is 65.7 Å². The van der Waals surface area contributed by atoms with Gasteiger partial charge in [0.05, 0.1) is 50.8 Å². The molecule has 0 spiro atoms. The molecule has 6 atom stereocenters. The first kappa shape index (κ1) is 34.1. The van der Waals surface area contributed by atoms with E-state index in [1.807, 2.05) is 59.0 Å². The van der Waals surface area contributed by atoms with Crippen LogP contribution in [0.3, 0.4) is 0 Å². The quantitative estimate of drug-likeness (QED) is 0.124. The molecule has 4 aromatic rings. The number of hydrogen-bond acceptors (Lipinski definition) is 7. The van der Waals surface area contributed by atoms with Gasteiger partial charge < -0.3 is 14.9 Å². The number of rotatable bonds is 6. The van der Waals surface area contributed by atoms with Crippen LogP contribution in [0.4, 0.5) is 11.4 Å². The predicted octanol–water partition coefficient (Wildman–Crippen LogP) is 6.72. The number of phenols is 1. The number of anilines is 2. The molecule has 1 saturated carbocycles. The van der Waals surface area contributed by atoms with Crippen molar-refractivity contribution in [1.82, 2.24) is 0 Å². The van der Waals surface area contributed by atoms with Crippen molar-refractivity contribution in [3.63, 3.8) is 0 Å². The minimum atomic E-state index is -1.50. The summed E-state index contributed by atoms with van der Waals surface area (Å²) in [6.45, 7) is 0. The van der Waals surface area contributed by atoms with Gasteiger partial charge in [0, 0.05) is 10.9 Å². The van der Waals surface area contributed by atoms with Gasteiger partial charge in [0.15, 0.2) is 11.5 Å². The zero-order valence-corrected chi connectivity index (χ0v) is 30.4. The third kappa shape index (κ3) is 4.85. The fraction of sp³-hybridized carbons (Fsp3) is 0.225. The lowest BCUT2D eigenvalue weighted by atomic mass is 9.49. The highest BCUT2D eigenvalue weighted by Gasteiger charge is 2.70. The maximum atomic E-state index is 15.4. The number of phenolic OH excluding ortho intramolecular Hbond substituents is 1. The first-order chi connectivity index (χ1) is 25.0. The number of aromatic carboxylic acids is 1. The normalized spacial score (nSPS) is 26.5. The van der Waals surface area contributed by atoms with E-state index in [4.69, 9.17) is 16.3 Å². The molecule has 0 bridgehead atoms. The van der Waals surface area contributed by atoms with E-state index in [1.54, 1.807) is 36.4 Å². The highest BCUT2D eigenvalue weighted by molar-refractivity contribution is 14.1. The van der Waals surface area contributed by atoms with Crippen molar-refractivity contribution in [2.75, 3.05) is 16.9 Å². The number of allylic oxidation sites excluding steroid dienone is 2. The molecule has 0 radical (unpaired) electrons. The molecule has 262 valence electrons. The van der Waals surface area contributed by atoms with E-state index in [0.29, 0.717) is 25.4 Å². The molecule has 4 amide bonds. The SMILES string of the molecule is COc1cc(C2C3=CCC4C(=O)N(c5cccc(C(=O)O)c5)C(=O)C4C3CC3C(=O)N(c4cccc(Cl)c4)C(=O)C32c2ccccc2)cc(I)c1O. The average Bonchev–Trinajstić information content (AvgIpc) is 3.53. The lowest BCUT2D eigenvalue weighted by Gasteiger charge is -2.50. The van der Waals surface area contributed by atoms with Crippen molar-refractivity contribution in [3.8, 4) is 11.5 Å². The Kier molecular flexibility index (Phi) is 8.25. The molecule has 2 saturated heterocycles. The van der Waals surface area contributed by atoms with Crippen LogP contribution in [-0.2, 0) is 24.6 Å². The monoisotopic (exact) mass is 828 g/mol. The summed E-state index contributed by atoms with van der Waals surface area (Å²) in [5, 5.41) is 20.9. The maximum absolute atomic E-state index is 15.4. The number of carboxylic acid groups (broad SMARTS) is 1. The molecule has 10 nitrogen and oxygen atoms in total. The van der Waals surface area contributed by atoms with Crippen molar-refractivity contribution in [2.45, 2.75) is 24.2 Å². The van der Waals surface area contributed by atoms with Crippen LogP contribution in [0.15, 0.2) is 103 Å². The first-order valence-corrected chi connectivity index (χ1v) is 18.1. The number of methoxy groups -OCH3 is 1. The van der Waals surface area contributed by atoms with Gasteiger partial charge in [-0.2, -0.15) is 0 Å². The fourth-order valence-electron chi connectivity index (χ4n) is 9.07. The number of carbonyl (C=O) groups excluding carboxylic acids is 4. The number of benzene rings is 4. The molecule has 8 rings (SSSR count). The van der Waals surface area contributed by atoms with E-state index in [1.165, 1.54) is 36.3 Å². The third-order valence-electron chi connectivity index (χ3n) is 11.1. The Bertz CT molecular complexity index is 2260. The molecule has 2 N–H and O–H groups in total. The van der Waals surface area contributed by atoms with E-state index < -0.39 is 64.6 Å². The smallest absolute Gasteiger partial charge is 0.335 e. The number of amides is 4. The van der Waals surface area contributed by atoms with Crippen LogP contribution in [-0.4, -0.2) is 46.9 Å². The zero-order valence-electron chi connectivity index (χ0n) is 27.5. The van der Waals surface area contributed by atoms with Crippen LogP contribution in [0.5, 0.6) is 11.5 Å². The van der Waals surface area contributed by atoms with Crippen LogP contribution in [0.2, 0.25) is 5.02 Å². The topological polar surface area (TPSA) is 142 Å². The predicted molar refractivity (Wildman–Crippen MR) is 199 cm³/mol. The Labute approximate surface area is 316 Å². The van der Waals surface area contributed by atoms with Gasteiger partial charge in [0.2, 0.25) is 23.6 Å². The van der Waals surface area contributed by atoms with E-state index in [9.17, 15) is 29.4 Å². The second kappa shape index (κ2) is 12.6. The van der Waals surface area contributed by atoms with Crippen LogP contribution < -0.4 is 14.5 Å². The molecule has 2 aliphatic carbocycles. The second-order valence-corrected chi connectivity index (χ2v) is 15.1. The summed E-state index contributed by atoms with van der Waals surface area (Å²) in [7, 11) is 1.43. The molecule has 3 fully saturated rings. The maximum Gasteiger partial charge on any atom is 0.335 e. The Hall–Kier alpha value is -5.01. The minimum absolute atomic E-state index is 0.0655. The van der Waals surface area contributed by atoms with Crippen molar-refractivity contribution < 1.29 is 38.9 Å². The summed E-state index contributed by atoms with van der Waals surface area (Å²) in [5.74, 6) is -7.00. The van der Waals surface area contributed by atoms with Crippen molar-refractivity contribution in [1.29, 1.82) is 0 Å². The molecular formula is C40H30ClIN2O8. The summed E-state index contributed by atoms with van der Waals surface area (Å²) < 4.78 is 6.05. The first-order valence-electron chi connectivity index (χ1n) is 16.7. The highest BCUT2D eigenvalue weighted by Crippen LogP contribution is 2.65. The molecule has 4 aliphatic rings. The molecule has 2 aliphatic heterocycles. The van der Waals surface area contributed by atoms with E-state index in [-0.39, 0.29) is 35.6 Å². The summed E-state index contributed by atoms with van der Waals surface area (Å²) in [6, 6.07) is 24.9. The number of aromatic hydroxyl groups is 1. The molecule has 12 heteroatoms. The van der Waals surface area contributed by atoms with Crippen LogP contribution >= 0.6 is 34.2 Å². The van der Waals surface area contributed by atoms with Gasteiger partial charge >= 0.3 is 5.97 Å². The van der Waals surface area contributed by atoms with Gasteiger partial charge in [-0.25, -0.2) is 9.69 Å². The van der Waals surface area contributed by atoms with Gasteiger partial charge in [-0.15, -0.1) is 0 Å². The number of carboxylic acids is 1. The van der Waals surface area contributed by atoms with Gasteiger partial charge in [-0.3, -0.25) is 24.1 Å². The second-order valence-electron chi connectivity index (χ2n) is 13.5. The summed E-state index contributed by atoms with van der Waals surface area (Å²) in [6.07, 6.45) is 2.22. The Morgan fingerprint density at radius 3 is 2.27 bits per heavy atom. The van der Waals surface area contributed by atoms with Gasteiger partial charge in [0.25, 0.3) is 0 Å². The van der Waals surface area contributed by atoms with Crippen molar-refractivity contribution >= 4 is 75.2 Å². The van der Waals surface area contributed by atoms with E-state index >= 15 is 4.79 Å². The summed E-state index contributed by atoms with van der Waals surface area (Å²) in [5.41, 5.74) is 0.855. The molecular weight excluding hydrogens is 799 g/mol. The van der Waals surface area contributed by atoms with Crippen molar-refractivity contribution in [3.05, 3.63) is 128 Å². The summed E-state index contributed by atoms with van der Waals surface area (Å²) in [4.78, 5) is 73.0. The highest BCUT2D eigenvalue weighted by atomic mass is 127. The largest absolute Gasteiger partial charge is 0.504 e. The number of halogens is 2. The molecule has 52 heavy (non-hydrogen) atoms. The van der Waals surface area contributed by atoms with Crippen LogP contribution in [0.25, 0.3) is 0 Å². The Balaban J connectivity index is 1.36. The molecule has 6 unspecified atom stereocenters.